The number of Topliss-reactive ketones (excluding diaryl/α,β-unsaturated/α-hetero) is 2. The molecule has 1 spiro atoms. The van der Waals surface area contributed by atoms with Crippen LogP contribution in [0.15, 0.2) is 119 Å². The van der Waals surface area contributed by atoms with Crippen LogP contribution in [-0.4, -0.2) is 37.5 Å². The molecular weight excluding hydrogens is 556 g/mol. The summed E-state index contributed by atoms with van der Waals surface area (Å²) in [6.07, 6.45) is -1.80. The molecule has 6 rings (SSSR count). The first-order valence-corrected chi connectivity index (χ1v) is 14.2. The first kappa shape index (κ1) is 28.8. The van der Waals surface area contributed by atoms with Gasteiger partial charge < -0.3 is 25.7 Å². The Hall–Kier alpha value is -5.28. The maximum atomic E-state index is 14.7. The van der Waals surface area contributed by atoms with Gasteiger partial charge in [-0.3, -0.25) is 9.59 Å². The summed E-state index contributed by atoms with van der Waals surface area (Å²) in [4.78, 5) is 29.5. The second-order valence-electron chi connectivity index (χ2n) is 10.8. The Morgan fingerprint density at radius 1 is 0.614 bits per heavy atom. The van der Waals surface area contributed by atoms with E-state index in [4.69, 9.17) is 25.7 Å². The van der Waals surface area contributed by atoms with Gasteiger partial charge >= 0.3 is 0 Å². The molecule has 222 valence electrons. The van der Waals surface area contributed by atoms with Gasteiger partial charge in [0.15, 0.2) is 11.6 Å². The molecular formula is C35H32N4O5. The lowest BCUT2D eigenvalue weighted by Crippen LogP contribution is -2.64. The van der Waals surface area contributed by atoms with Gasteiger partial charge in [-0.2, -0.15) is 0 Å². The topological polar surface area (TPSA) is 139 Å². The molecule has 0 bridgehead atoms. The fraction of sp³-hybridized carbons (Fsp3) is 0.200. The van der Waals surface area contributed by atoms with Gasteiger partial charge in [-0.25, -0.2) is 0 Å². The standard InChI is InChI=1S/C35H32N4O5/c1-42-25-17-13-23(14-18-25)31-27(29(40)21-9-5-3-6-10-21)35(33(36)38-39-34(35)37)28(30(41)22-11-7-4-8-12-22)32(44-31)24-15-19-26(43-2)20-16-24/h3-20,27-28,31-32H,1-2H3,(H2,36,38)(H2,37,39). The molecule has 44 heavy (non-hydrogen) atoms. The quantitative estimate of drug-likeness (QED) is 0.272. The number of benzene rings is 4. The fourth-order valence-electron chi connectivity index (χ4n) is 6.41. The Balaban J connectivity index is 1.64. The highest BCUT2D eigenvalue weighted by Crippen LogP contribution is 2.59. The minimum absolute atomic E-state index is 0.0149. The molecule has 0 radical (unpaired) electrons. The van der Waals surface area contributed by atoms with E-state index in [-0.39, 0.29) is 23.2 Å². The van der Waals surface area contributed by atoms with E-state index in [2.05, 4.69) is 10.2 Å². The molecule has 0 saturated carbocycles. The van der Waals surface area contributed by atoms with Crippen LogP contribution in [0, 0.1) is 17.3 Å². The highest BCUT2D eigenvalue weighted by atomic mass is 16.5. The number of hydrogen-bond donors (Lipinski definition) is 2. The number of amidine groups is 2. The molecule has 1 fully saturated rings. The van der Waals surface area contributed by atoms with Crippen molar-refractivity contribution in [2.45, 2.75) is 12.2 Å². The monoisotopic (exact) mass is 588 g/mol. The van der Waals surface area contributed by atoms with Gasteiger partial charge in [0.25, 0.3) is 0 Å². The zero-order valence-electron chi connectivity index (χ0n) is 24.3. The van der Waals surface area contributed by atoms with Crippen molar-refractivity contribution in [3.05, 3.63) is 131 Å². The molecule has 4 aromatic carbocycles. The number of methoxy groups -OCH3 is 2. The molecule has 2 aliphatic heterocycles. The van der Waals surface area contributed by atoms with Crippen LogP contribution in [0.5, 0.6) is 11.5 Å². The Morgan fingerprint density at radius 3 is 1.32 bits per heavy atom. The SMILES string of the molecule is COc1ccc(C2OC(c3ccc(OC)cc3)C(C(=O)c3ccccc3)C3(C(N)=NN=C3N)C2C(=O)c2ccccc2)cc1. The van der Waals surface area contributed by atoms with Crippen molar-refractivity contribution in [3.63, 3.8) is 0 Å². The van der Waals surface area contributed by atoms with E-state index in [9.17, 15) is 9.59 Å². The van der Waals surface area contributed by atoms with E-state index in [0.717, 1.165) is 0 Å². The number of nitrogens with zero attached hydrogens (tertiary/aromatic N) is 2. The third kappa shape index (κ3) is 4.71. The van der Waals surface area contributed by atoms with Crippen LogP contribution in [0.4, 0.5) is 0 Å². The van der Waals surface area contributed by atoms with Crippen LogP contribution in [0.25, 0.3) is 0 Å². The Kier molecular flexibility index (Phi) is 7.71. The van der Waals surface area contributed by atoms with Crippen molar-refractivity contribution in [1.29, 1.82) is 0 Å². The zero-order valence-corrected chi connectivity index (χ0v) is 24.3. The maximum Gasteiger partial charge on any atom is 0.170 e. The van der Waals surface area contributed by atoms with Gasteiger partial charge in [0.05, 0.1) is 38.3 Å². The molecule has 4 aromatic rings. The van der Waals surface area contributed by atoms with Crippen LogP contribution in [0.3, 0.4) is 0 Å². The van der Waals surface area contributed by atoms with Gasteiger partial charge in [-0.1, -0.05) is 84.9 Å². The highest BCUT2D eigenvalue weighted by Gasteiger charge is 2.67. The number of nitrogens with two attached hydrogens (primary N) is 2. The largest absolute Gasteiger partial charge is 0.497 e. The van der Waals surface area contributed by atoms with Crippen LogP contribution in [0.1, 0.15) is 44.1 Å². The van der Waals surface area contributed by atoms with Gasteiger partial charge in [0.1, 0.15) is 28.6 Å². The lowest BCUT2D eigenvalue weighted by atomic mass is 9.55. The van der Waals surface area contributed by atoms with E-state index in [0.29, 0.717) is 33.8 Å². The number of hydrogen-bond acceptors (Lipinski definition) is 9. The molecule has 2 aliphatic rings. The second-order valence-corrected chi connectivity index (χ2v) is 10.8. The van der Waals surface area contributed by atoms with E-state index in [1.54, 1.807) is 87.0 Å². The summed E-state index contributed by atoms with van der Waals surface area (Å²) >= 11 is 0. The van der Waals surface area contributed by atoms with Crippen molar-refractivity contribution < 1.29 is 23.8 Å². The fourth-order valence-corrected chi connectivity index (χ4v) is 6.41. The predicted octanol–water partition coefficient (Wildman–Crippen LogP) is 5.14. The molecule has 4 atom stereocenters. The van der Waals surface area contributed by atoms with Crippen molar-refractivity contribution in [2.75, 3.05) is 14.2 Å². The minimum atomic E-state index is -1.62. The molecule has 0 aromatic heterocycles. The van der Waals surface area contributed by atoms with E-state index >= 15 is 0 Å². The van der Waals surface area contributed by atoms with Gasteiger partial charge in [-0.05, 0) is 35.4 Å². The number of rotatable bonds is 8. The Morgan fingerprint density at radius 2 is 0.977 bits per heavy atom. The summed E-state index contributed by atoms with van der Waals surface area (Å²) in [5.41, 5.74) is 14.1. The zero-order chi connectivity index (χ0) is 30.8. The Labute approximate surface area is 255 Å². The number of carbonyl (C=O) groups excluding carboxylic acids is 2. The van der Waals surface area contributed by atoms with Crippen LogP contribution >= 0.6 is 0 Å². The first-order chi connectivity index (χ1) is 21.4. The summed E-state index contributed by atoms with van der Waals surface area (Å²) in [7, 11) is 3.16. The van der Waals surface area contributed by atoms with E-state index in [1.807, 2.05) is 36.4 Å². The van der Waals surface area contributed by atoms with Gasteiger partial charge in [-0.15, -0.1) is 10.2 Å². The normalized spacial score (nSPS) is 22.1. The number of ether oxygens (including phenoxy) is 3. The third-order valence-corrected chi connectivity index (χ3v) is 8.56. The number of carbonyl (C=O) groups is 2. The van der Waals surface area contributed by atoms with Crippen LogP contribution < -0.4 is 20.9 Å². The molecule has 4 unspecified atom stereocenters. The summed E-state index contributed by atoms with van der Waals surface area (Å²) < 4.78 is 17.7. The molecule has 1 saturated heterocycles. The summed E-state index contributed by atoms with van der Waals surface area (Å²) in [6, 6.07) is 32.2. The average Bonchev–Trinajstić information content (AvgIpc) is 3.37. The maximum absolute atomic E-state index is 14.7. The molecule has 9 nitrogen and oxygen atoms in total. The Bertz CT molecular complexity index is 1590. The first-order valence-electron chi connectivity index (χ1n) is 14.2. The molecule has 0 amide bonds. The van der Waals surface area contributed by atoms with Crippen molar-refractivity contribution in [2.24, 2.45) is 38.9 Å². The molecule has 0 aliphatic carbocycles. The third-order valence-electron chi connectivity index (χ3n) is 8.56. The van der Waals surface area contributed by atoms with Crippen LogP contribution in [-0.2, 0) is 4.74 Å². The predicted molar refractivity (Wildman–Crippen MR) is 167 cm³/mol. The molecule has 4 N–H and O–H groups in total. The lowest BCUT2D eigenvalue weighted by Gasteiger charge is -2.52. The minimum Gasteiger partial charge on any atom is -0.497 e. The summed E-state index contributed by atoms with van der Waals surface area (Å²) in [5, 5.41) is 8.43. The lowest BCUT2D eigenvalue weighted by molar-refractivity contribution is -0.128. The van der Waals surface area contributed by atoms with Gasteiger partial charge in [0.2, 0.25) is 0 Å². The smallest absolute Gasteiger partial charge is 0.170 e. The van der Waals surface area contributed by atoms with Crippen molar-refractivity contribution in [1.82, 2.24) is 0 Å². The summed E-state index contributed by atoms with van der Waals surface area (Å²) in [5.74, 6) is -1.56. The van der Waals surface area contributed by atoms with E-state index in [1.165, 1.54) is 0 Å². The number of ketones is 2. The van der Waals surface area contributed by atoms with Crippen molar-refractivity contribution >= 4 is 23.2 Å². The highest BCUT2D eigenvalue weighted by molar-refractivity contribution is 6.20. The molecule has 2 heterocycles. The van der Waals surface area contributed by atoms with E-state index < -0.39 is 29.5 Å². The molecule has 9 heteroatoms. The van der Waals surface area contributed by atoms with Crippen LogP contribution in [0.2, 0.25) is 0 Å². The second kappa shape index (κ2) is 11.8. The van der Waals surface area contributed by atoms with Crippen molar-refractivity contribution in [3.8, 4) is 11.5 Å². The average molecular weight is 589 g/mol. The van der Waals surface area contributed by atoms with Gasteiger partial charge in [0, 0.05) is 11.1 Å². The summed E-state index contributed by atoms with van der Waals surface area (Å²) in [6.45, 7) is 0.